The van der Waals surface area contributed by atoms with Crippen LogP contribution in [0.15, 0.2) is 24.4 Å². The van der Waals surface area contributed by atoms with Gasteiger partial charge in [0.1, 0.15) is 10.8 Å². The van der Waals surface area contributed by atoms with Crippen molar-refractivity contribution in [2.24, 2.45) is 0 Å². The number of nitrogen functional groups attached to an aromatic ring is 1. The lowest BCUT2D eigenvalue weighted by Gasteiger charge is -2.06. The second kappa shape index (κ2) is 5.25. The number of hydrogen-bond acceptors (Lipinski definition) is 4. The first-order chi connectivity index (χ1) is 8.16. The molecule has 1 aromatic carbocycles. The first-order valence-electron chi connectivity index (χ1n) is 5.31. The minimum absolute atomic E-state index is 0.218. The lowest BCUT2D eigenvalue weighted by Crippen LogP contribution is -2.14. The number of halogens is 1. The molecule has 0 fully saturated rings. The average Bonchev–Trinajstić information content (AvgIpc) is 2.70. The zero-order valence-electron chi connectivity index (χ0n) is 9.53. The van der Waals surface area contributed by atoms with Gasteiger partial charge in [0.25, 0.3) is 0 Å². The number of anilines is 1. The van der Waals surface area contributed by atoms with Crippen molar-refractivity contribution in [1.82, 2.24) is 10.3 Å². The van der Waals surface area contributed by atoms with Gasteiger partial charge in [-0.3, -0.25) is 0 Å². The number of hydrogen-bond donors (Lipinski definition) is 2. The summed E-state index contributed by atoms with van der Waals surface area (Å²) in [5.41, 5.74) is 6.63. The normalized spacial score (nSPS) is 10.7. The Morgan fingerprint density at radius 1 is 1.41 bits per heavy atom. The van der Waals surface area contributed by atoms with Crippen LogP contribution in [-0.2, 0) is 13.1 Å². The van der Waals surface area contributed by atoms with E-state index in [4.69, 9.17) is 5.73 Å². The Morgan fingerprint density at radius 3 is 2.94 bits per heavy atom. The SMILES string of the molecule is Cc1cnc(CNCc2cccc(F)c2N)s1. The van der Waals surface area contributed by atoms with E-state index < -0.39 is 0 Å². The summed E-state index contributed by atoms with van der Waals surface area (Å²) >= 11 is 1.65. The fourth-order valence-corrected chi connectivity index (χ4v) is 2.28. The van der Waals surface area contributed by atoms with Gasteiger partial charge in [-0.25, -0.2) is 9.37 Å². The van der Waals surface area contributed by atoms with Crippen LogP contribution in [0, 0.1) is 12.7 Å². The zero-order chi connectivity index (χ0) is 12.3. The fraction of sp³-hybridized carbons (Fsp3) is 0.250. The first kappa shape index (κ1) is 12.0. The van der Waals surface area contributed by atoms with Crippen LogP contribution < -0.4 is 11.1 Å². The number of rotatable bonds is 4. The maximum Gasteiger partial charge on any atom is 0.146 e. The molecule has 90 valence electrons. The average molecular weight is 251 g/mol. The minimum Gasteiger partial charge on any atom is -0.396 e. The highest BCUT2D eigenvalue weighted by Gasteiger charge is 2.04. The molecule has 0 aliphatic carbocycles. The third-order valence-electron chi connectivity index (χ3n) is 2.40. The predicted molar refractivity (Wildman–Crippen MR) is 68.2 cm³/mol. The standard InChI is InChI=1S/C12H14FN3S/c1-8-5-16-11(17-8)7-15-6-9-3-2-4-10(13)12(9)14/h2-5,15H,6-7,14H2,1H3. The molecule has 1 aromatic heterocycles. The molecule has 0 aliphatic rings. The molecule has 1 heterocycles. The van der Waals surface area contributed by atoms with E-state index in [2.05, 4.69) is 10.3 Å². The van der Waals surface area contributed by atoms with Crippen molar-refractivity contribution < 1.29 is 4.39 Å². The van der Waals surface area contributed by atoms with Gasteiger partial charge in [-0.05, 0) is 18.6 Å². The van der Waals surface area contributed by atoms with E-state index in [9.17, 15) is 4.39 Å². The van der Waals surface area contributed by atoms with Crippen molar-refractivity contribution >= 4 is 17.0 Å². The Balaban J connectivity index is 1.92. The molecule has 5 heteroatoms. The number of nitrogens with zero attached hydrogens (tertiary/aromatic N) is 1. The smallest absolute Gasteiger partial charge is 0.146 e. The molecule has 0 radical (unpaired) electrons. The Labute approximate surface area is 103 Å². The second-order valence-electron chi connectivity index (χ2n) is 3.78. The molecule has 0 saturated carbocycles. The van der Waals surface area contributed by atoms with Crippen LogP contribution >= 0.6 is 11.3 Å². The van der Waals surface area contributed by atoms with Crippen LogP contribution in [0.25, 0.3) is 0 Å². The summed E-state index contributed by atoms with van der Waals surface area (Å²) in [6.45, 7) is 3.24. The van der Waals surface area contributed by atoms with Gasteiger partial charge in [0, 0.05) is 24.2 Å². The van der Waals surface area contributed by atoms with Crippen molar-refractivity contribution in [1.29, 1.82) is 0 Å². The van der Waals surface area contributed by atoms with Crippen molar-refractivity contribution in [3.8, 4) is 0 Å². The molecule has 0 aliphatic heterocycles. The number of benzene rings is 1. The van der Waals surface area contributed by atoms with E-state index in [0.717, 1.165) is 10.6 Å². The third kappa shape index (κ3) is 3.01. The van der Waals surface area contributed by atoms with Gasteiger partial charge < -0.3 is 11.1 Å². The molecular weight excluding hydrogens is 237 g/mol. The van der Waals surface area contributed by atoms with E-state index >= 15 is 0 Å². The molecule has 3 N–H and O–H groups in total. The molecule has 17 heavy (non-hydrogen) atoms. The van der Waals surface area contributed by atoms with E-state index in [1.165, 1.54) is 10.9 Å². The molecule has 0 unspecified atom stereocenters. The van der Waals surface area contributed by atoms with Crippen LogP contribution in [0.5, 0.6) is 0 Å². The quantitative estimate of drug-likeness (QED) is 0.821. The lowest BCUT2D eigenvalue weighted by atomic mass is 10.2. The minimum atomic E-state index is -0.366. The summed E-state index contributed by atoms with van der Waals surface area (Å²) in [6, 6.07) is 4.85. The highest BCUT2D eigenvalue weighted by atomic mass is 32.1. The van der Waals surface area contributed by atoms with E-state index in [0.29, 0.717) is 13.1 Å². The number of aromatic nitrogens is 1. The van der Waals surface area contributed by atoms with Gasteiger partial charge in [-0.2, -0.15) is 0 Å². The van der Waals surface area contributed by atoms with E-state index in [1.54, 1.807) is 17.4 Å². The van der Waals surface area contributed by atoms with Gasteiger partial charge in [0.15, 0.2) is 0 Å². The van der Waals surface area contributed by atoms with E-state index in [-0.39, 0.29) is 11.5 Å². The molecule has 0 bridgehead atoms. The topological polar surface area (TPSA) is 50.9 Å². The zero-order valence-corrected chi connectivity index (χ0v) is 10.4. The Bertz CT molecular complexity index is 510. The molecule has 0 atom stereocenters. The Morgan fingerprint density at radius 2 is 2.24 bits per heavy atom. The number of thiazole rings is 1. The molecule has 0 spiro atoms. The second-order valence-corrected chi connectivity index (χ2v) is 5.10. The van der Waals surface area contributed by atoms with Gasteiger partial charge in [-0.1, -0.05) is 12.1 Å². The maximum atomic E-state index is 13.2. The van der Waals surface area contributed by atoms with Crippen molar-refractivity contribution in [2.75, 3.05) is 5.73 Å². The first-order valence-corrected chi connectivity index (χ1v) is 6.13. The number of nitrogens with two attached hydrogens (primary N) is 1. The van der Waals surface area contributed by atoms with Crippen LogP contribution in [0.1, 0.15) is 15.4 Å². The van der Waals surface area contributed by atoms with Gasteiger partial charge in [-0.15, -0.1) is 11.3 Å². The van der Waals surface area contributed by atoms with Gasteiger partial charge in [0.05, 0.1) is 5.69 Å². The molecule has 3 nitrogen and oxygen atoms in total. The summed E-state index contributed by atoms with van der Waals surface area (Å²) in [5, 5.41) is 4.23. The van der Waals surface area contributed by atoms with Crippen molar-refractivity contribution in [3.05, 3.63) is 45.7 Å². The fourth-order valence-electron chi connectivity index (χ4n) is 1.52. The Kier molecular flexibility index (Phi) is 3.71. The van der Waals surface area contributed by atoms with Crippen LogP contribution in [-0.4, -0.2) is 4.98 Å². The molecule has 0 amide bonds. The molecular formula is C12H14FN3S. The third-order valence-corrected chi connectivity index (χ3v) is 3.32. The predicted octanol–water partition coefficient (Wildman–Crippen LogP) is 2.46. The highest BCUT2D eigenvalue weighted by Crippen LogP contribution is 2.16. The van der Waals surface area contributed by atoms with Crippen LogP contribution in [0.3, 0.4) is 0 Å². The number of nitrogens with one attached hydrogen (secondary N) is 1. The lowest BCUT2D eigenvalue weighted by molar-refractivity contribution is 0.625. The summed E-state index contributed by atoms with van der Waals surface area (Å²) in [7, 11) is 0. The van der Waals surface area contributed by atoms with Crippen molar-refractivity contribution in [2.45, 2.75) is 20.0 Å². The largest absolute Gasteiger partial charge is 0.396 e. The van der Waals surface area contributed by atoms with Crippen molar-refractivity contribution in [3.63, 3.8) is 0 Å². The highest BCUT2D eigenvalue weighted by molar-refractivity contribution is 7.11. The van der Waals surface area contributed by atoms with Gasteiger partial charge in [0.2, 0.25) is 0 Å². The number of aryl methyl sites for hydroxylation is 1. The van der Waals surface area contributed by atoms with E-state index in [1.807, 2.05) is 19.2 Å². The number of para-hydroxylation sites is 1. The monoisotopic (exact) mass is 251 g/mol. The summed E-state index contributed by atoms with van der Waals surface area (Å²) in [5.74, 6) is -0.366. The van der Waals surface area contributed by atoms with Crippen LogP contribution in [0.2, 0.25) is 0 Å². The Hall–Kier alpha value is -1.46. The summed E-state index contributed by atoms with van der Waals surface area (Å²) < 4.78 is 13.2. The molecule has 0 saturated heterocycles. The molecule has 2 aromatic rings. The summed E-state index contributed by atoms with van der Waals surface area (Å²) in [6.07, 6.45) is 1.85. The molecule has 2 rings (SSSR count). The summed E-state index contributed by atoms with van der Waals surface area (Å²) in [4.78, 5) is 5.42. The van der Waals surface area contributed by atoms with Crippen LogP contribution in [0.4, 0.5) is 10.1 Å². The van der Waals surface area contributed by atoms with Gasteiger partial charge >= 0.3 is 0 Å². The maximum absolute atomic E-state index is 13.2.